The number of carbonyl (C=O) groups excluding carboxylic acids is 1. The topological polar surface area (TPSA) is 125 Å². The van der Waals surface area contributed by atoms with Crippen LogP contribution in [0.3, 0.4) is 0 Å². The zero-order chi connectivity index (χ0) is 21.7. The molecule has 0 saturated carbocycles. The van der Waals surface area contributed by atoms with Gasteiger partial charge in [0.15, 0.2) is 0 Å². The van der Waals surface area contributed by atoms with E-state index in [4.69, 9.17) is 0 Å². The third kappa shape index (κ3) is 7.44. The van der Waals surface area contributed by atoms with E-state index < -0.39 is 27.6 Å². The summed E-state index contributed by atoms with van der Waals surface area (Å²) in [6, 6.07) is 5.97. The number of halogens is 3. The maximum absolute atomic E-state index is 13.2. The van der Waals surface area contributed by atoms with E-state index in [1.807, 2.05) is 0 Å². The Morgan fingerprint density at radius 1 is 1.10 bits per heavy atom. The lowest BCUT2D eigenvalue weighted by atomic mass is 10.3. The molecule has 0 unspecified atom stereocenters. The van der Waals surface area contributed by atoms with Crippen molar-refractivity contribution in [2.24, 2.45) is 0 Å². The number of carbonyl (C=O) groups is 1. The predicted molar refractivity (Wildman–Crippen MR) is 102 cm³/mol. The average molecular weight is 432 g/mol. The van der Waals surface area contributed by atoms with Gasteiger partial charge in [0, 0.05) is 37.6 Å². The summed E-state index contributed by atoms with van der Waals surface area (Å²) in [7, 11) is -3.43. The van der Waals surface area contributed by atoms with E-state index in [2.05, 4.69) is 30.6 Å². The second-order valence-corrected chi connectivity index (χ2v) is 7.69. The number of benzene rings is 1. The summed E-state index contributed by atoms with van der Waals surface area (Å²) in [6.07, 6.45) is -3.00. The fraction of sp³-hybridized carbons (Fsp3) is 0.312. The minimum absolute atomic E-state index is 0.0327. The first-order chi connectivity index (χ1) is 13.4. The number of amides is 1. The number of sulfonamides is 1. The zero-order valence-corrected chi connectivity index (χ0v) is 16.3. The molecule has 0 saturated heterocycles. The molecule has 2 aromatic rings. The highest BCUT2D eigenvalue weighted by molar-refractivity contribution is 7.92. The number of nitrogens with one attached hydrogen (secondary N) is 4. The van der Waals surface area contributed by atoms with Crippen molar-refractivity contribution in [1.29, 1.82) is 0 Å². The van der Waals surface area contributed by atoms with Gasteiger partial charge in [0.2, 0.25) is 21.9 Å². The molecule has 13 heteroatoms. The highest BCUT2D eigenvalue weighted by atomic mass is 32.2. The van der Waals surface area contributed by atoms with Crippen molar-refractivity contribution in [3.05, 3.63) is 36.0 Å². The molecule has 0 fully saturated rings. The number of nitrogens with zero attached hydrogens (tertiary/aromatic N) is 2. The fourth-order valence-electron chi connectivity index (χ4n) is 2.17. The van der Waals surface area contributed by atoms with Crippen LogP contribution in [0.15, 0.2) is 30.5 Å². The molecule has 9 nitrogen and oxygen atoms in total. The van der Waals surface area contributed by atoms with Crippen LogP contribution in [0.25, 0.3) is 0 Å². The monoisotopic (exact) mass is 432 g/mol. The first-order valence-corrected chi connectivity index (χ1v) is 10.1. The number of hydrogen-bond donors (Lipinski definition) is 4. The zero-order valence-electron chi connectivity index (χ0n) is 15.5. The normalized spacial score (nSPS) is 11.6. The van der Waals surface area contributed by atoms with Crippen molar-refractivity contribution in [2.45, 2.75) is 13.1 Å². The van der Waals surface area contributed by atoms with Gasteiger partial charge in [-0.15, -0.1) is 0 Å². The van der Waals surface area contributed by atoms with Gasteiger partial charge in [0.25, 0.3) is 0 Å². The second-order valence-electron chi connectivity index (χ2n) is 5.94. The maximum Gasteiger partial charge on any atom is 0.421 e. The Bertz CT molecular complexity index is 965. The van der Waals surface area contributed by atoms with E-state index in [-0.39, 0.29) is 24.9 Å². The molecule has 29 heavy (non-hydrogen) atoms. The minimum atomic E-state index is -4.66. The molecule has 0 spiro atoms. The van der Waals surface area contributed by atoms with Gasteiger partial charge < -0.3 is 16.0 Å². The molecular weight excluding hydrogens is 413 g/mol. The van der Waals surface area contributed by atoms with Crippen molar-refractivity contribution in [2.75, 3.05) is 34.7 Å². The Labute approximate surface area is 165 Å². The average Bonchev–Trinajstić information content (AvgIpc) is 2.58. The molecule has 1 aromatic heterocycles. The van der Waals surface area contributed by atoms with E-state index in [0.29, 0.717) is 17.6 Å². The number of alkyl halides is 3. The van der Waals surface area contributed by atoms with Crippen LogP contribution < -0.4 is 20.7 Å². The van der Waals surface area contributed by atoms with Crippen LogP contribution in [0.1, 0.15) is 12.5 Å². The second kappa shape index (κ2) is 8.94. The molecule has 0 bridgehead atoms. The van der Waals surface area contributed by atoms with Crippen molar-refractivity contribution in [3.8, 4) is 0 Å². The van der Waals surface area contributed by atoms with Gasteiger partial charge >= 0.3 is 6.18 Å². The summed E-state index contributed by atoms with van der Waals surface area (Å²) < 4.78 is 64.2. The molecule has 0 radical (unpaired) electrons. The van der Waals surface area contributed by atoms with Crippen molar-refractivity contribution >= 4 is 39.1 Å². The molecule has 0 aliphatic rings. The molecular formula is C16H19F3N6O3S. The molecule has 1 heterocycles. The van der Waals surface area contributed by atoms with Crippen molar-refractivity contribution < 1.29 is 26.4 Å². The van der Waals surface area contributed by atoms with Crippen LogP contribution in [0, 0.1) is 0 Å². The van der Waals surface area contributed by atoms with Crippen molar-refractivity contribution in [3.63, 3.8) is 0 Å². The number of aromatic nitrogens is 2. The first-order valence-electron chi connectivity index (χ1n) is 8.21. The van der Waals surface area contributed by atoms with E-state index in [9.17, 15) is 26.4 Å². The Hall–Kier alpha value is -3.09. The van der Waals surface area contributed by atoms with Crippen molar-refractivity contribution in [1.82, 2.24) is 15.3 Å². The summed E-state index contributed by atoms with van der Waals surface area (Å²) in [5.41, 5.74) is -0.279. The number of anilines is 4. The molecule has 0 atom stereocenters. The smallest absolute Gasteiger partial charge is 0.368 e. The predicted octanol–water partition coefficient (Wildman–Crippen LogP) is 2.16. The summed E-state index contributed by atoms with van der Waals surface area (Å²) in [5, 5.41) is 7.74. The highest BCUT2D eigenvalue weighted by Crippen LogP contribution is 2.34. The Morgan fingerprint density at radius 2 is 1.72 bits per heavy atom. The van der Waals surface area contributed by atoms with E-state index >= 15 is 0 Å². The fourth-order valence-corrected chi connectivity index (χ4v) is 2.73. The lowest BCUT2D eigenvalue weighted by Gasteiger charge is -2.15. The van der Waals surface area contributed by atoms with Crippen LogP contribution in [0.4, 0.5) is 36.3 Å². The van der Waals surface area contributed by atoms with E-state index in [1.54, 1.807) is 0 Å². The maximum atomic E-state index is 13.2. The lowest BCUT2D eigenvalue weighted by molar-refractivity contribution is -0.137. The molecule has 158 valence electrons. The van der Waals surface area contributed by atoms with Gasteiger partial charge in [0.05, 0.1) is 6.26 Å². The highest BCUT2D eigenvalue weighted by Gasteiger charge is 2.35. The van der Waals surface area contributed by atoms with Gasteiger partial charge in [-0.3, -0.25) is 9.52 Å². The molecule has 4 N–H and O–H groups in total. The van der Waals surface area contributed by atoms with Gasteiger partial charge in [-0.25, -0.2) is 13.4 Å². The minimum Gasteiger partial charge on any atom is -0.368 e. The van der Waals surface area contributed by atoms with E-state index in [0.717, 1.165) is 6.26 Å². The van der Waals surface area contributed by atoms with Crippen LogP contribution in [0.5, 0.6) is 0 Å². The molecule has 1 amide bonds. The Morgan fingerprint density at radius 3 is 2.28 bits per heavy atom. The molecule has 2 rings (SSSR count). The van der Waals surface area contributed by atoms with E-state index in [1.165, 1.54) is 31.2 Å². The lowest BCUT2D eigenvalue weighted by Crippen LogP contribution is -2.27. The number of hydrogen-bond acceptors (Lipinski definition) is 7. The van der Waals surface area contributed by atoms with Crippen LogP contribution in [-0.2, 0) is 21.0 Å². The van der Waals surface area contributed by atoms with Crippen LogP contribution >= 0.6 is 0 Å². The summed E-state index contributed by atoms with van der Waals surface area (Å²) >= 11 is 0. The van der Waals surface area contributed by atoms with Crippen LogP contribution in [0.2, 0.25) is 0 Å². The number of rotatable bonds is 8. The van der Waals surface area contributed by atoms with Gasteiger partial charge in [0.1, 0.15) is 11.4 Å². The summed E-state index contributed by atoms with van der Waals surface area (Å²) in [6.45, 7) is 1.45. The van der Waals surface area contributed by atoms with Gasteiger partial charge in [-0.1, -0.05) is 0 Å². The third-order valence-electron chi connectivity index (χ3n) is 3.33. The third-order valence-corrected chi connectivity index (χ3v) is 3.94. The largest absolute Gasteiger partial charge is 0.421 e. The first kappa shape index (κ1) is 22.2. The SMILES string of the molecule is CC(=O)NCCNc1nc(Nc2ccc(NS(C)(=O)=O)cc2)ncc1C(F)(F)F. The molecule has 0 aliphatic heterocycles. The summed E-state index contributed by atoms with van der Waals surface area (Å²) in [5.74, 6) is -0.832. The Balaban J connectivity index is 2.16. The van der Waals surface area contributed by atoms with Gasteiger partial charge in [-0.05, 0) is 24.3 Å². The van der Waals surface area contributed by atoms with Gasteiger partial charge in [-0.2, -0.15) is 18.2 Å². The molecule has 1 aromatic carbocycles. The quantitative estimate of drug-likeness (QED) is 0.471. The summed E-state index contributed by atoms with van der Waals surface area (Å²) in [4.78, 5) is 18.4. The van der Waals surface area contributed by atoms with Crippen LogP contribution in [-0.4, -0.2) is 43.6 Å². The molecule has 0 aliphatic carbocycles. The Kier molecular flexibility index (Phi) is 6.84. The standard InChI is InChI=1S/C16H19F3N6O3S/c1-10(26)20-7-8-21-14-13(16(17,18)19)9-22-15(24-14)23-11-3-5-12(6-4-11)25-29(2,27)28/h3-6,9,25H,7-8H2,1-2H3,(H,20,26)(H2,21,22,23,24).